The van der Waals surface area contributed by atoms with Gasteiger partial charge in [0.05, 0.1) is 9.21 Å². The Morgan fingerprint density at radius 1 is 1.57 bits per heavy atom. The molecule has 3 rings (SSSR count). The molecule has 1 saturated heterocycles. The maximum atomic E-state index is 12.6. The first-order chi connectivity index (χ1) is 10.2. The van der Waals surface area contributed by atoms with Crippen LogP contribution >= 0.6 is 34.3 Å². The lowest BCUT2D eigenvalue weighted by atomic mass is 10.2. The van der Waals surface area contributed by atoms with Crippen molar-refractivity contribution in [2.75, 3.05) is 20.1 Å². The van der Waals surface area contributed by atoms with Crippen LogP contribution in [0.15, 0.2) is 17.5 Å². The van der Waals surface area contributed by atoms with Crippen LogP contribution in [0.2, 0.25) is 4.34 Å². The molecule has 0 aliphatic carbocycles. The number of rotatable bonds is 4. The lowest BCUT2D eigenvalue weighted by Crippen LogP contribution is -2.40. The molecule has 1 N–H and O–H groups in total. The third-order valence-corrected chi connectivity index (χ3v) is 5.83. The molecule has 0 radical (unpaired) electrons. The molecule has 1 fully saturated rings. The Labute approximate surface area is 136 Å². The molecular formula is C14H16ClN3OS2. The molecule has 0 bridgehead atoms. The minimum Gasteiger partial charge on any atom is -0.333 e. The van der Waals surface area contributed by atoms with Gasteiger partial charge in [-0.05, 0) is 32.0 Å². The number of amides is 1. The second-order valence-corrected chi connectivity index (χ2v) is 7.57. The maximum absolute atomic E-state index is 12.6. The van der Waals surface area contributed by atoms with Crippen molar-refractivity contribution in [1.82, 2.24) is 15.2 Å². The van der Waals surface area contributed by atoms with Crippen molar-refractivity contribution in [3.63, 3.8) is 0 Å². The van der Waals surface area contributed by atoms with Crippen molar-refractivity contribution in [2.24, 2.45) is 0 Å². The number of halogens is 1. The van der Waals surface area contributed by atoms with Gasteiger partial charge in [-0.15, -0.1) is 22.7 Å². The van der Waals surface area contributed by atoms with Crippen molar-refractivity contribution in [3.05, 3.63) is 27.5 Å². The van der Waals surface area contributed by atoms with Gasteiger partial charge in [0.15, 0.2) is 0 Å². The summed E-state index contributed by atoms with van der Waals surface area (Å²) in [5.74, 6) is 0.0397. The summed E-state index contributed by atoms with van der Waals surface area (Å²) < 4.78 is 0.738. The molecule has 1 amide bonds. The van der Waals surface area contributed by atoms with Gasteiger partial charge in [-0.1, -0.05) is 11.6 Å². The molecule has 2 aromatic rings. The standard InChI is InChI=1S/C14H16ClN3OS2/c1-16-7-9-3-2-6-18(9)14(19)10-8-20-13(17-10)11-4-5-12(15)21-11/h4-5,8-9,16H,2-3,6-7H2,1H3. The van der Waals surface area contributed by atoms with Gasteiger partial charge in [-0.3, -0.25) is 4.79 Å². The summed E-state index contributed by atoms with van der Waals surface area (Å²) in [6.07, 6.45) is 2.12. The molecule has 1 aliphatic rings. The number of aromatic nitrogens is 1. The van der Waals surface area contributed by atoms with E-state index in [0.717, 1.165) is 40.2 Å². The summed E-state index contributed by atoms with van der Waals surface area (Å²) in [6.45, 7) is 1.66. The topological polar surface area (TPSA) is 45.2 Å². The van der Waals surface area contributed by atoms with E-state index in [0.29, 0.717) is 5.69 Å². The van der Waals surface area contributed by atoms with Crippen LogP contribution in [0.25, 0.3) is 9.88 Å². The van der Waals surface area contributed by atoms with Crippen molar-refractivity contribution in [3.8, 4) is 9.88 Å². The van der Waals surface area contributed by atoms with Gasteiger partial charge in [0.1, 0.15) is 10.7 Å². The fourth-order valence-electron chi connectivity index (χ4n) is 2.61. The van der Waals surface area contributed by atoms with E-state index in [1.807, 2.05) is 29.5 Å². The molecule has 1 aliphatic heterocycles. The molecule has 7 heteroatoms. The van der Waals surface area contributed by atoms with Gasteiger partial charge in [0.2, 0.25) is 0 Å². The average molecular weight is 342 g/mol. The number of hydrogen-bond acceptors (Lipinski definition) is 5. The second kappa shape index (κ2) is 6.44. The van der Waals surface area contributed by atoms with E-state index in [1.165, 1.54) is 22.7 Å². The molecule has 0 saturated carbocycles. The minimum atomic E-state index is 0.0397. The van der Waals surface area contributed by atoms with Crippen molar-refractivity contribution in [1.29, 1.82) is 0 Å². The zero-order valence-corrected chi connectivity index (χ0v) is 14.0. The van der Waals surface area contributed by atoms with Crippen molar-refractivity contribution < 1.29 is 4.79 Å². The molecule has 3 heterocycles. The Kier molecular flexibility index (Phi) is 4.59. The number of thiophene rings is 1. The van der Waals surface area contributed by atoms with Crippen molar-refractivity contribution in [2.45, 2.75) is 18.9 Å². The van der Waals surface area contributed by atoms with Crippen LogP contribution in [0.5, 0.6) is 0 Å². The highest BCUT2D eigenvalue weighted by molar-refractivity contribution is 7.23. The number of likely N-dealkylation sites (tertiary alicyclic amines) is 1. The molecule has 112 valence electrons. The van der Waals surface area contributed by atoms with E-state index in [2.05, 4.69) is 10.3 Å². The summed E-state index contributed by atoms with van der Waals surface area (Å²) in [6, 6.07) is 4.08. The number of nitrogens with one attached hydrogen (secondary N) is 1. The Bertz CT molecular complexity index is 640. The molecule has 1 atom stereocenters. The number of hydrogen-bond donors (Lipinski definition) is 1. The fraction of sp³-hybridized carbons (Fsp3) is 0.429. The summed E-state index contributed by atoms with van der Waals surface area (Å²) in [5.41, 5.74) is 0.544. The van der Waals surface area contributed by atoms with Gasteiger partial charge in [0, 0.05) is 24.5 Å². The predicted molar refractivity (Wildman–Crippen MR) is 88.4 cm³/mol. The Morgan fingerprint density at radius 2 is 2.43 bits per heavy atom. The van der Waals surface area contributed by atoms with Crippen LogP contribution in [0.4, 0.5) is 0 Å². The Morgan fingerprint density at radius 3 is 3.14 bits per heavy atom. The molecular weight excluding hydrogens is 326 g/mol. The highest BCUT2D eigenvalue weighted by Gasteiger charge is 2.30. The zero-order valence-electron chi connectivity index (χ0n) is 11.6. The molecule has 1 unspecified atom stereocenters. The summed E-state index contributed by atoms with van der Waals surface area (Å²) in [4.78, 5) is 20.0. The van der Waals surface area contributed by atoms with E-state index in [9.17, 15) is 4.79 Å². The fourth-order valence-corrected chi connectivity index (χ4v) is 4.52. The van der Waals surface area contributed by atoms with Crippen LogP contribution in [0.3, 0.4) is 0 Å². The van der Waals surface area contributed by atoms with E-state index < -0.39 is 0 Å². The van der Waals surface area contributed by atoms with E-state index in [1.54, 1.807) is 0 Å². The van der Waals surface area contributed by atoms with Gasteiger partial charge in [-0.25, -0.2) is 4.98 Å². The van der Waals surface area contributed by atoms with E-state index in [-0.39, 0.29) is 11.9 Å². The van der Waals surface area contributed by atoms with Crippen LogP contribution in [0.1, 0.15) is 23.3 Å². The van der Waals surface area contributed by atoms with E-state index in [4.69, 9.17) is 11.6 Å². The highest BCUT2D eigenvalue weighted by atomic mass is 35.5. The molecule has 4 nitrogen and oxygen atoms in total. The highest BCUT2D eigenvalue weighted by Crippen LogP contribution is 2.33. The van der Waals surface area contributed by atoms with Gasteiger partial charge in [-0.2, -0.15) is 0 Å². The largest absolute Gasteiger partial charge is 0.333 e. The third kappa shape index (κ3) is 3.13. The monoisotopic (exact) mass is 341 g/mol. The molecule has 2 aromatic heterocycles. The first kappa shape index (κ1) is 15.0. The first-order valence-electron chi connectivity index (χ1n) is 6.86. The maximum Gasteiger partial charge on any atom is 0.273 e. The number of nitrogens with zero attached hydrogens (tertiary/aromatic N) is 2. The predicted octanol–water partition coefficient (Wildman–Crippen LogP) is 3.35. The van der Waals surface area contributed by atoms with Crippen LogP contribution in [-0.2, 0) is 0 Å². The number of likely N-dealkylation sites (N-methyl/N-ethyl adjacent to an activating group) is 1. The Balaban J connectivity index is 1.78. The lowest BCUT2D eigenvalue weighted by Gasteiger charge is -2.23. The second-order valence-electron chi connectivity index (χ2n) is 4.99. The Hall–Kier alpha value is -0.950. The smallest absolute Gasteiger partial charge is 0.273 e. The average Bonchev–Trinajstić information content (AvgIpc) is 3.17. The van der Waals surface area contributed by atoms with Crippen LogP contribution in [-0.4, -0.2) is 42.0 Å². The minimum absolute atomic E-state index is 0.0397. The molecule has 0 aromatic carbocycles. The van der Waals surface area contributed by atoms with Gasteiger partial charge in [0.25, 0.3) is 5.91 Å². The third-order valence-electron chi connectivity index (χ3n) is 3.59. The normalized spacial score (nSPS) is 18.4. The first-order valence-corrected chi connectivity index (χ1v) is 8.93. The van der Waals surface area contributed by atoms with Crippen LogP contribution in [0, 0.1) is 0 Å². The quantitative estimate of drug-likeness (QED) is 0.927. The number of carbonyl (C=O) groups excluding carboxylic acids is 1. The van der Waals surface area contributed by atoms with Gasteiger partial charge < -0.3 is 10.2 Å². The van der Waals surface area contributed by atoms with E-state index >= 15 is 0 Å². The molecule has 0 spiro atoms. The van der Waals surface area contributed by atoms with Crippen molar-refractivity contribution >= 4 is 40.2 Å². The summed E-state index contributed by atoms with van der Waals surface area (Å²) >= 11 is 8.93. The summed E-state index contributed by atoms with van der Waals surface area (Å²) in [7, 11) is 1.92. The SMILES string of the molecule is CNCC1CCCN1C(=O)c1csc(-c2ccc(Cl)s2)n1. The molecule has 21 heavy (non-hydrogen) atoms. The summed E-state index contributed by atoms with van der Waals surface area (Å²) in [5, 5.41) is 5.86. The number of thiazole rings is 1. The lowest BCUT2D eigenvalue weighted by molar-refractivity contribution is 0.0732. The van der Waals surface area contributed by atoms with Crippen LogP contribution < -0.4 is 5.32 Å². The number of carbonyl (C=O) groups is 1. The zero-order chi connectivity index (χ0) is 14.8. The van der Waals surface area contributed by atoms with Gasteiger partial charge >= 0.3 is 0 Å².